The lowest BCUT2D eigenvalue weighted by molar-refractivity contribution is -0.117. The number of ketones is 1. The Morgan fingerprint density at radius 3 is 2.38 bits per heavy atom. The first-order chi connectivity index (χ1) is 18.0. The van der Waals surface area contributed by atoms with Gasteiger partial charge in [-0.05, 0) is 34.9 Å². The average Bonchev–Trinajstić information content (AvgIpc) is 3.50. The molecule has 1 unspecified atom stereocenters. The van der Waals surface area contributed by atoms with E-state index in [1.807, 2.05) is 60.7 Å². The van der Waals surface area contributed by atoms with Crippen molar-refractivity contribution in [1.29, 1.82) is 0 Å². The summed E-state index contributed by atoms with van der Waals surface area (Å²) in [7, 11) is 0. The number of anilines is 1. The van der Waals surface area contributed by atoms with Crippen LogP contribution in [-0.4, -0.2) is 27.0 Å². The molecular weight excluding hydrogens is 526 g/mol. The number of hydrogen-bond acceptors (Lipinski definition) is 7. The van der Waals surface area contributed by atoms with E-state index in [2.05, 4.69) is 10.2 Å². The minimum absolute atomic E-state index is 0.0202. The summed E-state index contributed by atoms with van der Waals surface area (Å²) in [4.78, 5) is 27.9. The molecule has 6 nitrogen and oxygen atoms in total. The van der Waals surface area contributed by atoms with Crippen LogP contribution in [0.4, 0.5) is 5.13 Å². The van der Waals surface area contributed by atoms with E-state index < -0.39 is 23.5 Å². The molecule has 5 rings (SSSR count). The van der Waals surface area contributed by atoms with E-state index in [1.165, 1.54) is 34.1 Å². The number of hydrogen-bond donors (Lipinski definition) is 1. The first kappa shape index (κ1) is 25.0. The highest BCUT2D eigenvalue weighted by atomic mass is 35.5. The fraction of sp³-hybridized carbons (Fsp3) is 0.0714. The zero-order valence-electron chi connectivity index (χ0n) is 19.3. The molecule has 2 heterocycles. The summed E-state index contributed by atoms with van der Waals surface area (Å²) in [6.07, 6.45) is 3.01. The third kappa shape index (κ3) is 5.51. The summed E-state index contributed by atoms with van der Waals surface area (Å²) in [5.74, 6) is -1.08. The molecule has 0 bridgehead atoms. The molecule has 0 fully saturated rings. The number of aliphatic hydroxyl groups excluding tert-OH is 1. The lowest BCUT2D eigenvalue weighted by Crippen LogP contribution is -2.30. The number of carbonyl (C=O) groups excluding carboxylic acids is 2. The molecule has 1 aromatic heterocycles. The van der Waals surface area contributed by atoms with Gasteiger partial charge in [0.25, 0.3) is 5.91 Å². The van der Waals surface area contributed by atoms with E-state index in [9.17, 15) is 14.7 Å². The molecule has 184 valence electrons. The van der Waals surface area contributed by atoms with Gasteiger partial charge in [0.1, 0.15) is 0 Å². The highest BCUT2D eigenvalue weighted by molar-refractivity contribution is 8.00. The van der Waals surface area contributed by atoms with Gasteiger partial charge < -0.3 is 5.11 Å². The molecule has 4 aromatic rings. The molecule has 37 heavy (non-hydrogen) atoms. The maximum atomic E-state index is 13.3. The minimum Gasteiger partial charge on any atom is -0.503 e. The van der Waals surface area contributed by atoms with E-state index in [-0.39, 0.29) is 5.57 Å². The zero-order valence-corrected chi connectivity index (χ0v) is 21.7. The van der Waals surface area contributed by atoms with Crippen LogP contribution in [0.15, 0.2) is 107 Å². The fourth-order valence-corrected chi connectivity index (χ4v) is 5.87. The third-order valence-corrected chi connectivity index (χ3v) is 8.07. The van der Waals surface area contributed by atoms with E-state index in [1.54, 1.807) is 30.3 Å². The Labute approximate surface area is 226 Å². The van der Waals surface area contributed by atoms with Gasteiger partial charge in [-0.1, -0.05) is 114 Å². The Hall–Kier alpha value is -3.72. The monoisotopic (exact) mass is 545 g/mol. The van der Waals surface area contributed by atoms with Crippen molar-refractivity contribution in [3.63, 3.8) is 0 Å². The van der Waals surface area contributed by atoms with Gasteiger partial charge in [0.15, 0.2) is 15.9 Å². The van der Waals surface area contributed by atoms with Crippen molar-refractivity contribution in [3.8, 4) is 0 Å². The first-order valence-electron chi connectivity index (χ1n) is 11.3. The van der Waals surface area contributed by atoms with Crippen LogP contribution in [0.1, 0.15) is 22.7 Å². The van der Waals surface area contributed by atoms with Gasteiger partial charge in [0.2, 0.25) is 5.13 Å². The number of rotatable bonds is 8. The van der Waals surface area contributed by atoms with E-state index >= 15 is 0 Å². The molecule has 0 aliphatic carbocycles. The number of amides is 1. The van der Waals surface area contributed by atoms with E-state index in [0.29, 0.717) is 25.8 Å². The van der Waals surface area contributed by atoms with Crippen LogP contribution in [0.2, 0.25) is 5.02 Å². The molecule has 0 saturated heterocycles. The summed E-state index contributed by atoms with van der Waals surface area (Å²) in [6, 6.07) is 25.2. The van der Waals surface area contributed by atoms with Crippen LogP contribution >= 0.6 is 34.7 Å². The summed E-state index contributed by atoms with van der Waals surface area (Å²) in [6.45, 7) is 0. The Bertz CT molecular complexity index is 1490. The summed E-state index contributed by atoms with van der Waals surface area (Å²) >= 11 is 8.83. The van der Waals surface area contributed by atoms with Crippen LogP contribution in [0.25, 0.3) is 6.08 Å². The van der Waals surface area contributed by atoms with Crippen LogP contribution in [0, 0.1) is 0 Å². The highest BCUT2D eigenvalue weighted by Gasteiger charge is 2.45. The van der Waals surface area contributed by atoms with Crippen molar-refractivity contribution in [2.75, 3.05) is 4.90 Å². The Morgan fingerprint density at radius 2 is 1.68 bits per heavy atom. The van der Waals surface area contributed by atoms with Crippen molar-refractivity contribution in [2.45, 2.75) is 16.1 Å². The number of carbonyl (C=O) groups is 2. The van der Waals surface area contributed by atoms with Gasteiger partial charge >= 0.3 is 0 Å². The van der Waals surface area contributed by atoms with Crippen molar-refractivity contribution in [2.24, 2.45) is 0 Å². The second-order valence-corrected chi connectivity index (χ2v) is 10.7. The maximum Gasteiger partial charge on any atom is 0.296 e. The van der Waals surface area contributed by atoms with Crippen LogP contribution in [0.5, 0.6) is 0 Å². The van der Waals surface area contributed by atoms with E-state index in [4.69, 9.17) is 11.6 Å². The first-order valence-corrected chi connectivity index (χ1v) is 13.5. The SMILES string of the molecule is O=C(C=Cc1ccccc1)C1=C(O)C(=O)N(c2nnc(SCc3ccccc3)s2)C1c1ccc(Cl)cc1. The average molecular weight is 546 g/mol. The van der Waals surface area contributed by atoms with Gasteiger partial charge in [-0.2, -0.15) is 0 Å². The van der Waals surface area contributed by atoms with Crippen LogP contribution < -0.4 is 4.90 Å². The molecule has 0 saturated carbocycles. The van der Waals surface area contributed by atoms with Gasteiger partial charge in [-0.3, -0.25) is 14.5 Å². The number of aromatic nitrogens is 2. The van der Waals surface area contributed by atoms with Crippen molar-refractivity contribution < 1.29 is 14.7 Å². The quantitative estimate of drug-likeness (QED) is 0.151. The number of benzene rings is 3. The van der Waals surface area contributed by atoms with Gasteiger partial charge in [-0.25, -0.2) is 0 Å². The molecular formula is C28H20ClN3O3S2. The number of aliphatic hydroxyl groups is 1. The van der Waals surface area contributed by atoms with Gasteiger partial charge in [0.05, 0.1) is 11.6 Å². The third-order valence-electron chi connectivity index (χ3n) is 5.69. The smallest absolute Gasteiger partial charge is 0.296 e. The van der Waals surface area contributed by atoms with Gasteiger partial charge in [-0.15, -0.1) is 10.2 Å². The summed E-state index contributed by atoms with van der Waals surface area (Å²) < 4.78 is 0.671. The normalized spacial score (nSPS) is 15.6. The molecule has 1 amide bonds. The van der Waals surface area contributed by atoms with E-state index in [0.717, 1.165) is 11.1 Å². The Balaban J connectivity index is 1.46. The summed E-state index contributed by atoms with van der Waals surface area (Å²) in [5, 5.41) is 20.1. The molecule has 9 heteroatoms. The molecule has 0 radical (unpaired) electrons. The number of allylic oxidation sites excluding steroid dienone is 1. The Morgan fingerprint density at radius 1 is 1.00 bits per heavy atom. The molecule has 3 aromatic carbocycles. The lowest BCUT2D eigenvalue weighted by Gasteiger charge is -2.23. The fourth-order valence-electron chi connectivity index (χ4n) is 3.92. The number of nitrogens with zero attached hydrogens (tertiary/aromatic N) is 3. The largest absolute Gasteiger partial charge is 0.503 e. The highest BCUT2D eigenvalue weighted by Crippen LogP contribution is 2.43. The van der Waals surface area contributed by atoms with Crippen molar-refractivity contribution in [3.05, 3.63) is 124 Å². The van der Waals surface area contributed by atoms with Crippen LogP contribution in [-0.2, 0) is 15.3 Å². The number of thioether (sulfide) groups is 1. The number of halogens is 1. The molecule has 1 aliphatic heterocycles. The zero-order chi connectivity index (χ0) is 25.8. The summed E-state index contributed by atoms with van der Waals surface area (Å²) in [5.41, 5.74) is 2.56. The molecule has 0 spiro atoms. The predicted molar refractivity (Wildman–Crippen MR) is 148 cm³/mol. The maximum absolute atomic E-state index is 13.3. The molecule has 1 N–H and O–H groups in total. The minimum atomic E-state index is -0.877. The molecule has 1 atom stereocenters. The Kier molecular flexibility index (Phi) is 7.50. The predicted octanol–water partition coefficient (Wildman–Crippen LogP) is 6.67. The molecule has 1 aliphatic rings. The van der Waals surface area contributed by atoms with Crippen molar-refractivity contribution in [1.82, 2.24) is 10.2 Å². The standard InChI is InChI=1S/C28H20ClN3O3S2/c29-21-14-12-20(13-15-21)24-23(22(33)16-11-18-7-3-1-4-8-18)25(34)26(35)32(24)27-30-31-28(37-27)36-17-19-9-5-2-6-10-19/h1-16,24,34H,17H2. The topological polar surface area (TPSA) is 83.4 Å². The van der Waals surface area contributed by atoms with Crippen molar-refractivity contribution >= 4 is 57.6 Å². The lowest BCUT2D eigenvalue weighted by atomic mass is 9.96. The second-order valence-electron chi connectivity index (χ2n) is 8.12. The second kappa shape index (κ2) is 11.1. The van der Waals surface area contributed by atoms with Gasteiger partial charge in [0, 0.05) is 10.8 Å². The van der Waals surface area contributed by atoms with Crippen LogP contribution in [0.3, 0.4) is 0 Å².